The Balaban J connectivity index is 1.28. The number of carbonyl (C=O) groups excluding carboxylic acids is 1. The highest BCUT2D eigenvalue weighted by molar-refractivity contribution is 6.34. The van der Waals surface area contributed by atoms with Gasteiger partial charge in [0, 0.05) is 85.0 Å². The number of pyridine rings is 1. The van der Waals surface area contributed by atoms with Crippen LogP contribution in [-0.4, -0.2) is 83.0 Å². The fourth-order valence-corrected chi connectivity index (χ4v) is 7.00. The van der Waals surface area contributed by atoms with Crippen LogP contribution in [0, 0.1) is 6.92 Å². The highest BCUT2D eigenvalue weighted by Gasteiger charge is 2.36. The molecule has 5 heterocycles. The van der Waals surface area contributed by atoms with Crippen LogP contribution in [0.1, 0.15) is 35.4 Å². The maximum absolute atomic E-state index is 12.9. The number of methoxy groups -OCH3 is 1. The van der Waals surface area contributed by atoms with E-state index in [4.69, 9.17) is 25.8 Å². The molecule has 3 aliphatic heterocycles. The quantitative estimate of drug-likeness (QED) is 0.304. The maximum Gasteiger partial charge on any atom is 0.329 e. The van der Waals surface area contributed by atoms with Gasteiger partial charge in [0.15, 0.2) is 0 Å². The predicted octanol–water partition coefficient (Wildman–Crippen LogP) is 5.51. The van der Waals surface area contributed by atoms with E-state index in [2.05, 4.69) is 40.0 Å². The molecule has 2 atom stereocenters. The number of carbonyl (C=O) groups is 1. The minimum Gasteiger partial charge on any atom is -0.492 e. The maximum atomic E-state index is 12.9. The molecular weight excluding hydrogens is 554 g/mol. The van der Waals surface area contributed by atoms with Crippen molar-refractivity contribution in [2.24, 2.45) is 0 Å². The second-order valence-corrected chi connectivity index (χ2v) is 11.8. The van der Waals surface area contributed by atoms with Crippen LogP contribution in [0.5, 0.6) is 11.6 Å². The second kappa shape index (κ2) is 11.2. The lowest BCUT2D eigenvalue weighted by atomic mass is 9.84. The average molecular weight is 588 g/mol. The minimum absolute atomic E-state index is 0.0261. The summed E-state index contributed by atoms with van der Waals surface area (Å²) in [4.78, 5) is 25.8. The summed E-state index contributed by atoms with van der Waals surface area (Å²) in [7, 11) is 1.65. The van der Waals surface area contributed by atoms with Crippen molar-refractivity contribution in [3.05, 3.63) is 70.9 Å². The lowest BCUT2D eigenvalue weighted by Gasteiger charge is -2.43. The molecule has 1 amide bonds. The summed E-state index contributed by atoms with van der Waals surface area (Å²) in [5, 5.41) is 2.68. The van der Waals surface area contributed by atoms with Gasteiger partial charge >= 0.3 is 6.03 Å². The molecule has 0 spiro atoms. The number of fused-ring (bicyclic) bond motifs is 2. The molecular formula is C32H34ClN5O4. The summed E-state index contributed by atoms with van der Waals surface area (Å²) in [5.41, 5.74) is 5.28. The van der Waals surface area contributed by atoms with Gasteiger partial charge < -0.3 is 19.1 Å². The van der Waals surface area contributed by atoms with Gasteiger partial charge in [-0.3, -0.25) is 9.47 Å². The van der Waals surface area contributed by atoms with Gasteiger partial charge in [0.05, 0.1) is 19.1 Å². The molecule has 2 fully saturated rings. The monoisotopic (exact) mass is 587 g/mol. The molecule has 0 aliphatic carbocycles. The summed E-state index contributed by atoms with van der Waals surface area (Å²) in [6.07, 6.45) is 8.54. The van der Waals surface area contributed by atoms with Crippen molar-refractivity contribution in [3.8, 4) is 22.8 Å². The van der Waals surface area contributed by atoms with E-state index in [1.807, 2.05) is 11.0 Å². The summed E-state index contributed by atoms with van der Waals surface area (Å²) >= 11 is 7.28. The number of likely N-dealkylation sites (tertiary alicyclic amines) is 1. The van der Waals surface area contributed by atoms with E-state index < -0.39 is 0 Å². The first-order valence-electron chi connectivity index (χ1n) is 14.5. The lowest BCUT2D eigenvalue weighted by molar-refractivity contribution is 0.0791. The number of hydrogen-bond acceptors (Lipinski definition) is 7. The Morgan fingerprint density at radius 3 is 2.79 bits per heavy atom. The van der Waals surface area contributed by atoms with Crippen molar-refractivity contribution in [3.63, 3.8) is 0 Å². The van der Waals surface area contributed by atoms with Gasteiger partial charge in [0.1, 0.15) is 18.7 Å². The van der Waals surface area contributed by atoms with Crippen LogP contribution in [0.2, 0.25) is 5.02 Å². The van der Waals surface area contributed by atoms with Gasteiger partial charge in [-0.15, -0.1) is 0 Å². The molecule has 42 heavy (non-hydrogen) atoms. The smallest absolute Gasteiger partial charge is 0.329 e. The molecule has 2 aromatic carbocycles. The highest BCUT2D eigenvalue weighted by Crippen LogP contribution is 2.50. The largest absolute Gasteiger partial charge is 0.492 e. The van der Waals surface area contributed by atoms with E-state index in [1.165, 1.54) is 0 Å². The van der Waals surface area contributed by atoms with Gasteiger partial charge in [-0.2, -0.15) is 0 Å². The third-order valence-electron chi connectivity index (χ3n) is 8.86. The summed E-state index contributed by atoms with van der Waals surface area (Å²) in [6, 6.07) is 8.43. The van der Waals surface area contributed by atoms with E-state index in [1.54, 1.807) is 36.6 Å². The topological polar surface area (TPSA) is 82.0 Å². The first-order valence-corrected chi connectivity index (χ1v) is 14.9. The van der Waals surface area contributed by atoms with E-state index in [0.29, 0.717) is 37.3 Å². The molecule has 2 saturated heterocycles. The number of nitrogens with zero attached hydrogens (tertiary/aromatic N) is 5. The van der Waals surface area contributed by atoms with E-state index in [-0.39, 0.29) is 18.0 Å². The molecule has 0 saturated carbocycles. The third kappa shape index (κ3) is 4.69. The molecule has 0 N–H and O–H groups in total. The van der Waals surface area contributed by atoms with Crippen LogP contribution in [0.3, 0.4) is 0 Å². The summed E-state index contributed by atoms with van der Waals surface area (Å²) in [6.45, 7) is 6.98. The number of halogens is 1. The number of benzene rings is 2. The molecule has 9 nitrogen and oxygen atoms in total. The summed E-state index contributed by atoms with van der Waals surface area (Å²) < 4.78 is 19.8. The Morgan fingerprint density at radius 2 is 2.05 bits per heavy atom. The first-order chi connectivity index (χ1) is 20.5. The van der Waals surface area contributed by atoms with Crippen molar-refractivity contribution in [2.45, 2.75) is 38.3 Å². The molecule has 218 valence electrons. The summed E-state index contributed by atoms with van der Waals surface area (Å²) in [5.74, 6) is 1.64. The van der Waals surface area contributed by atoms with Gasteiger partial charge in [-0.1, -0.05) is 23.7 Å². The number of aryl methyl sites for hydroxylation is 1. The van der Waals surface area contributed by atoms with Gasteiger partial charge in [0.2, 0.25) is 5.88 Å². The number of aromatic nitrogens is 3. The molecule has 1 unspecified atom stereocenters. The minimum atomic E-state index is -0.0261. The van der Waals surface area contributed by atoms with Gasteiger partial charge in [-0.25, -0.2) is 14.8 Å². The van der Waals surface area contributed by atoms with Crippen LogP contribution in [-0.2, 0) is 11.3 Å². The van der Waals surface area contributed by atoms with Crippen LogP contribution >= 0.6 is 11.6 Å². The van der Waals surface area contributed by atoms with Crippen molar-refractivity contribution < 1.29 is 19.0 Å². The Hall–Kier alpha value is -3.66. The normalized spacial score (nSPS) is 20.6. The van der Waals surface area contributed by atoms with E-state index >= 15 is 0 Å². The zero-order valence-corrected chi connectivity index (χ0v) is 24.6. The molecule has 0 radical (unpaired) electrons. The lowest BCUT2D eigenvalue weighted by Crippen LogP contribution is -2.57. The van der Waals surface area contributed by atoms with Crippen molar-refractivity contribution in [1.82, 2.24) is 24.3 Å². The van der Waals surface area contributed by atoms with Crippen molar-refractivity contribution in [1.29, 1.82) is 0 Å². The number of rotatable bonds is 5. The fourth-order valence-electron chi connectivity index (χ4n) is 6.67. The van der Waals surface area contributed by atoms with Crippen LogP contribution < -0.4 is 9.47 Å². The van der Waals surface area contributed by atoms with Crippen molar-refractivity contribution >= 4 is 28.4 Å². The molecule has 4 aromatic rings. The van der Waals surface area contributed by atoms with Crippen molar-refractivity contribution in [2.75, 3.05) is 46.6 Å². The van der Waals surface area contributed by atoms with Crippen LogP contribution in [0.4, 0.5) is 4.79 Å². The zero-order chi connectivity index (χ0) is 28.8. The highest BCUT2D eigenvalue weighted by atomic mass is 35.5. The van der Waals surface area contributed by atoms with Crippen LogP contribution in [0.15, 0.2) is 49.2 Å². The molecule has 10 heteroatoms. The molecule has 7 rings (SSSR count). The van der Waals surface area contributed by atoms with E-state index in [9.17, 15) is 4.79 Å². The molecule has 3 aliphatic rings. The number of imidazole rings is 1. The Labute approximate surface area is 250 Å². The Bertz CT molecular complexity index is 1640. The number of hydrogen-bond donors (Lipinski definition) is 0. The predicted molar refractivity (Wildman–Crippen MR) is 161 cm³/mol. The van der Waals surface area contributed by atoms with Crippen LogP contribution in [0.25, 0.3) is 21.9 Å². The standard InChI is InChI=1S/C32H34ClN5O4/c1-20-3-4-21-5-8-35-31(40-2)28(21)26(20)29-25(33)15-23-16-36(12-14-42-30(23)27(29)22-7-13-41-18-22)17-24-6-10-38(24)32(39)37-11-9-34-19-37/h3-5,8-9,11,15,19,22,24H,6-7,10,12-14,16-18H2,1-2H3/t22?,24-/m0/s1. The molecule has 0 bridgehead atoms. The fraction of sp³-hybridized carbons (Fsp3) is 0.406. The van der Waals surface area contributed by atoms with Gasteiger partial charge in [-0.05, 0) is 48.4 Å². The molecule has 2 aromatic heterocycles. The first kappa shape index (κ1) is 27.2. The SMILES string of the molecule is COc1nccc2ccc(C)c(-c3c(Cl)cc4c(c3C3CCOC3)OCCN(C[C@@H]3CCN3C(=O)n3ccnc3)C4)c12. The third-order valence-corrected chi connectivity index (χ3v) is 9.16. The zero-order valence-electron chi connectivity index (χ0n) is 23.9. The Kier molecular flexibility index (Phi) is 7.25. The van der Waals surface area contributed by atoms with E-state index in [0.717, 1.165) is 76.8 Å². The number of amides is 1. The number of ether oxygens (including phenoxy) is 3. The van der Waals surface area contributed by atoms with Gasteiger partial charge in [0.25, 0.3) is 0 Å². The second-order valence-electron chi connectivity index (χ2n) is 11.3. The average Bonchev–Trinajstić information content (AvgIpc) is 3.68. The Morgan fingerprint density at radius 1 is 1.14 bits per heavy atom.